The van der Waals surface area contributed by atoms with Gasteiger partial charge in [0, 0.05) is 17.6 Å². The fourth-order valence-electron chi connectivity index (χ4n) is 3.32. The number of benzene rings is 2. The van der Waals surface area contributed by atoms with E-state index in [2.05, 4.69) is 22.3 Å². The minimum Gasteiger partial charge on any atom is -0.497 e. The molecule has 5 heteroatoms. The summed E-state index contributed by atoms with van der Waals surface area (Å²) in [5, 5.41) is 3.65. The van der Waals surface area contributed by atoms with Crippen molar-refractivity contribution in [3.8, 4) is 5.75 Å². The van der Waals surface area contributed by atoms with E-state index in [1.165, 1.54) is 5.56 Å². The zero-order chi connectivity index (χ0) is 17.6. The number of carbonyl (C=O) groups is 1. The summed E-state index contributed by atoms with van der Waals surface area (Å²) >= 11 is 6.14. The van der Waals surface area contributed by atoms with Gasteiger partial charge in [-0.15, -0.1) is 0 Å². The average Bonchev–Trinajstić information content (AvgIpc) is 3.09. The topological polar surface area (TPSA) is 41.6 Å². The standard InChI is InChI=1S/C20H23ClN2O2/c1-25-17-8-4-7-15(12-17)19-10-5-11-23(19)14-20(24)22-13-16-6-2-3-9-18(16)21/h2-4,6-9,12,19H,5,10-11,13-14H2,1H3,(H,22,24)/t19-/m0/s1. The fraction of sp³-hybridized carbons (Fsp3) is 0.350. The molecule has 0 aromatic heterocycles. The van der Waals surface area contributed by atoms with Crippen LogP contribution in [0, 0.1) is 0 Å². The van der Waals surface area contributed by atoms with Crippen molar-refractivity contribution in [1.82, 2.24) is 10.2 Å². The van der Waals surface area contributed by atoms with E-state index in [4.69, 9.17) is 16.3 Å². The number of hydrogen-bond acceptors (Lipinski definition) is 3. The average molecular weight is 359 g/mol. The van der Waals surface area contributed by atoms with Gasteiger partial charge in [0.05, 0.1) is 13.7 Å². The Hall–Kier alpha value is -2.04. The predicted octanol–water partition coefficient (Wildman–Crippen LogP) is 3.80. The van der Waals surface area contributed by atoms with Gasteiger partial charge < -0.3 is 10.1 Å². The zero-order valence-electron chi connectivity index (χ0n) is 14.4. The quantitative estimate of drug-likeness (QED) is 0.853. The van der Waals surface area contributed by atoms with Gasteiger partial charge in [0.1, 0.15) is 5.75 Å². The van der Waals surface area contributed by atoms with Crippen molar-refractivity contribution >= 4 is 17.5 Å². The summed E-state index contributed by atoms with van der Waals surface area (Å²) in [5.41, 5.74) is 2.14. The molecule has 0 saturated carbocycles. The highest BCUT2D eigenvalue weighted by Gasteiger charge is 2.27. The van der Waals surface area contributed by atoms with Crippen molar-refractivity contribution in [2.45, 2.75) is 25.4 Å². The van der Waals surface area contributed by atoms with Crippen molar-refractivity contribution in [3.63, 3.8) is 0 Å². The van der Waals surface area contributed by atoms with E-state index in [9.17, 15) is 4.79 Å². The Morgan fingerprint density at radius 1 is 1.28 bits per heavy atom. The van der Waals surface area contributed by atoms with E-state index in [1.807, 2.05) is 36.4 Å². The lowest BCUT2D eigenvalue weighted by Gasteiger charge is -2.24. The highest BCUT2D eigenvalue weighted by atomic mass is 35.5. The highest BCUT2D eigenvalue weighted by molar-refractivity contribution is 6.31. The predicted molar refractivity (Wildman–Crippen MR) is 99.8 cm³/mol. The third-order valence-corrected chi connectivity index (χ3v) is 4.99. The molecule has 2 aromatic rings. The third kappa shape index (κ3) is 4.53. The van der Waals surface area contributed by atoms with E-state index in [0.717, 1.165) is 30.7 Å². The number of amides is 1. The molecule has 0 aliphatic carbocycles. The van der Waals surface area contributed by atoms with Gasteiger partial charge >= 0.3 is 0 Å². The van der Waals surface area contributed by atoms with Crippen LogP contribution in [-0.4, -0.2) is 31.0 Å². The van der Waals surface area contributed by atoms with E-state index in [1.54, 1.807) is 7.11 Å². The summed E-state index contributed by atoms with van der Waals surface area (Å²) < 4.78 is 5.32. The van der Waals surface area contributed by atoms with Crippen molar-refractivity contribution < 1.29 is 9.53 Å². The maximum atomic E-state index is 12.4. The Morgan fingerprint density at radius 3 is 2.92 bits per heavy atom. The van der Waals surface area contributed by atoms with Gasteiger partial charge in [-0.1, -0.05) is 41.9 Å². The molecule has 132 valence electrons. The molecule has 0 spiro atoms. The lowest BCUT2D eigenvalue weighted by atomic mass is 10.0. The van der Waals surface area contributed by atoms with E-state index >= 15 is 0 Å². The Morgan fingerprint density at radius 2 is 2.12 bits per heavy atom. The van der Waals surface area contributed by atoms with Crippen LogP contribution in [0.4, 0.5) is 0 Å². The monoisotopic (exact) mass is 358 g/mol. The molecule has 1 amide bonds. The maximum absolute atomic E-state index is 12.4. The second-order valence-electron chi connectivity index (χ2n) is 6.27. The fourth-order valence-corrected chi connectivity index (χ4v) is 3.52. The first-order chi connectivity index (χ1) is 12.2. The van der Waals surface area contributed by atoms with Crippen LogP contribution in [0.25, 0.3) is 0 Å². The third-order valence-electron chi connectivity index (χ3n) is 4.62. The molecule has 2 aromatic carbocycles. The summed E-state index contributed by atoms with van der Waals surface area (Å²) in [6.45, 7) is 1.78. The number of carbonyl (C=O) groups excluding carboxylic acids is 1. The molecule has 0 bridgehead atoms. The number of hydrogen-bond donors (Lipinski definition) is 1. The van der Waals surface area contributed by atoms with Crippen LogP contribution >= 0.6 is 11.6 Å². The van der Waals surface area contributed by atoms with E-state index in [0.29, 0.717) is 18.1 Å². The second-order valence-corrected chi connectivity index (χ2v) is 6.68. The van der Waals surface area contributed by atoms with Crippen molar-refractivity contribution in [3.05, 3.63) is 64.7 Å². The Kier molecular flexibility index (Phi) is 5.95. The number of rotatable bonds is 6. The second kappa shape index (κ2) is 8.37. The molecule has 25 heavy (non-hydrogen) atoms. The summed E-state index contributed by atoms with van der Waals surface area (Å²) in [4.78, 5) is 14.6. The van der Waals surface area contributed by atoms with E-state index < -0.39 is 0 Å². The molecule has 1 saturated heterocycles. The Labute approximate surface area is 153 Å². The number of nitrogens with zero attached hydrogens (tertiary/aromatic N) is 1. The number of likely N-dealkylation sites (tertiary alicyclic amines) is 1. The minimum absolute atomic E-state index is 0.0229. The Bertz CT molecular complexity index is 735. The molecule has 0 unspecified atom stereocenters. The summed E-state index contributed by atoms with van der Waals surface area (Å²) in [5.74, 6) is 0.877. The van der Waals surface area contributed by atoms with Gasteiger partial charge in [0.15, 0.2) is 0 Å². The van der Waals surface area contributed by atoms with Crippen LogP contribution in [0.1, 0.15) is 30.0 Å². The smallest absolute Gasteiger partial charge is 0.234 e. The minimum atomic E-state index is 0.0229. The summed E-state index contributed by atoms with van der Waals surface area (Å²) in [6, 6.07) is 15.9. The number of nitrogens with one attached hydrogen (secondary N) is 1. The first-order valence-electron chi connectivity index (χ1n) is 8.55. The van der Waals surface area contributed by atoms with Crippen LogP contribution < -0.4 is 10.1 Å². The zero-order valence-corrected chi connectivity index (χ0v) is 15.1. The van der Waals surface area contributed by atoms with Gasteiger partial charge in [0.25, 0.3) is 0 Å². The van der Waals surface area contributed by atoms with Crippen LogP contribution in [0.3, 0.4) is 0 Å². The number of methoxy groups -OCH3 is 1. The van der Waals surface area contributed by atoms with Crippen LogP contribution in [0.5, 0.6) is 5.75 Å². The molecule has 1 N–H and O–H groups in total. The van der Waals surface area contributed by atoms with Gasteiger partial charge in [-0.05, 0) is 48.7 Å². The normalized spacial score (nSPS) is 17.4. The largest absolute Gasteiger partial charge is 0.497 e. The molecule has 3 rings (SSSR count). The molecule has 1 heterocycles. The van der Waals surface area contributed by atoms with Gasteiger partial charge in [-0.3, -0.25) is 9.69 Å². The lowest BCUT2D eigenvalue weighted by Crippen LogP contribution is -2.36. The van der Waals surface area contributed by atoms with Gasteiger partial charge in [-0.2, -0.15) is 0 Å². The SMILES string of the molecule is COc1cccc([C@@H]2CCCN2CC(=O)NCc2ccccc2Cl)c1. The molecule has 1 atom stereocenters. The van der Waals surface area contributed by atoms with Crippen molar-refractivity contribution in [1.29, 1.82) is 0 Å². The highest BCUT2D eigenvalue weighted by Crippen LogP contribution is 2.33. The van der Waals surface area contributed by atoms with Gasteiger partial charge in [0.2, 0.25) is 5.91 Å². The molecular formula is C20H23ClN2O2. The Balaban J connectivity index is 1.59. The molecule has 1 aliphatic heterocycles. The van der Waals surface area contributed by atoms with Gasteiger partial charge in [-0.25, -0.2) is 0 Å². The van der Waals surface area contributed by atoms with Crippen LogP contribution in [-0.2, 0) is 11.3 Å². The maximum Gasteiger partial charge on any atom is 0.234 e. The molecule has 1 aliphatic rings. The molecule has 4 nitrogen and oxygen atoms in total. The first kappa shape index (κ1) is 17.8. The summed E-state index contributed by atoms with van der Waals surface area (Å²) in [7, 11) is 1.67. The molecular weight excluding hydrogens is 336 g/mol. The lowest BCUT2D eigenvalue weighted by molar-refractivity contribution is -0.122. The van der Waals surface area contributed by atoms with Crippen molar-refractivity contribution in [2.75, 3.05) is 20.2 Å². The number of ether oxygens (including phenoxy) is 1. The number of halogens is 1. The van der Waals surface area contributed by atoms with Crippen LogP contribution in [0.2, 0.25) is 5.02 Å². The first-order valence-corrected chi connectivity index (χ1v) is 8.93. The van der Waals surface area contributed by atoms with Crippen molar-refractivity contribution in [2.24, 2.45) is 0 Å². The van der Waals surface area contributed by atoms with E-state index in [-0.39, 0.29) is 11.9 Å². The molecule has 0 radical (unpaired) electrons. The van der Waals surface area contributed by atoms with Crippen LogP contribution in [0.15, 0.2) is 48.5 Å². The summed E-state index contributed by atoms with van der Waals surface area (Å²) in [6.07, 6.45) is 2.16. The molecule has 1 fully saturated rings.